The Labute approximate surface area is 197 Å². The molecule has 0 heterocycles. The number of hydrogen-bond acceptors (Lipinski definition) is 6. The molecule has 0 atom stereocenters. The molecule has 0 saturated heterocycles. The number of amides is 1. The number of rotatable bonds is 11. The molecule has 0 saturated carbocycles. The minimum atomic E-state index is -0.844. The van der Waals surface area contributed by atoms with E-state index in [0.717, 1.165) is 31.6 Å². The minimum absolute atomic E-state index is 0.0265. The lowest BCUT2D eigenvalue weighted by Crippen LogP contribution is -2.34. The SMILES string of the molecule is CN(CCCN(C(=O)c1ccc([N+](=O)[O-])c([N+](=O)[O-])c1)c1ccccc1)CCc1ccccc1. The van der Waals surface area contributed by atoms with Gasteiger partial charge in [0.15, 0.2) is 0 Å². The second-order valence-electron chi connectivity index (χ2n) is 7.90. The van der Waals surface area contributed by atoms with Gasteiger partial charge in [0.05, 0.1) is 9.85 Å². The van der Waals surface area contributed by atoms with Crippen molar-refractivity contribution in [1.29, 1.82) is 0 Å². The standard InChI is InChI=1S/C25H26N4O5/c1-26(18-15-20-9-4-2-5-10-20)16-8-17-27(22-11-6-3-7-12-22)25(30)21-13-14-23(28(31)32)24(19-21)29(33)34/h2-7,9-14,19H,8,15-18H2,1H3. The molecule has 3 aromatic carbocycles. The van der Waals surface area contributed by atoms with Crippen LogP contribution in [0.5, 0.6) is 0 Å². The van der Waals surface area contributed by atoms with Gasteiger partial charge in [-0.25, -0.2) is 0 Å². The van der Waals surface area contributed by atoms with E-state index >= 15 is 0 Å². The third kappa shape index (κ3) is 6.46. The number of benzene rings is 3. The maximum absolute atomic E-state index is 13.3. The van der Waals surface area contributed by atoms with Gasteiger partial charge in [0.25, 0.3) is 5.91 Å². The van der Waals surface area contributed by atoms with Crippen molar-refractivity contribution in [3.63, 3.8) is 0 Å². The highest BCUT2D eigenvalue weighted by atomic mass is 16.6. The summed E-state index contributed by atoms with van der Waals surface area (Å²) in [7, 11) is 2.03. The zero-order valence-corrected chi connectivity index (χ0v) is 18.9. The molecule has 0 bridgehead atoms. The minimum Gasteiger partial charge on any atom is -0.308 e. The van der Waals surface area contributed by atoms with E-state index in [1.165, 1.54) is 11.6 Å². The summed E-state index contributed by atoms with van der Waals surface area (Å²) in [4.78, 5) is 37.8. The predicted molar refractivity (Wildman–Crippen MR) is 130 cm³/mol. The zero-order valence-electron chi connectivity index (χ0n) is 18.9. The molecule has 0 aliphatic carbocycles. The second kappa shape index (κ2) is 11.7. The molecule has 3 aromatic rings. The van der Waals surface area contributed by atoms with Crippen LogP contribution in [-0.4, -0.2) is 47.3 Å². The van der Waals surface area contributed by atoms with E-state index in [0.29, 0.717) is 18.7 Å². The van der Waals surface area contributed by atoms with Gasteiger partial charge in [-0.2, -0.15) is 0 Å². The number of hydrogen-bond donors (Lipinski definition) is 0. The summed E-state index contributed by atoms with van der Waals surface area (Å²) in [6.45, 7) is 2.02. The van der Waals surface area contributed by atoms with Crippen molar-refractivity contribution in [3.05, 3.63) is 110 Å². The Morgan fingerprint density at radius 1 is 0.794 bits per heavy atom. The lowest BCUT2D eigenvalue weighted by Gasteiger charge is -2.24. The fourth-order valence-corrected chi connectivity index (χ4v) is 3.64. The number of nitro benzene ring substituents is 2. The van der Waals surface area contributed by atoms with Gasteiger partial charge < -0.3 is 9.80 Å². The van der Waals surface area contributed by atoms with Crippen LogP contribution >= 0.6 is 0 Å². The summed E-state index contributed by atoms with van der Waals surface area (Å²) in [6.07, 6.45) is 1.60. The molecular formula is C25H26N4O5. The van der Waals surface area contributed by atoms with E-state index in [2.05, 4.69) is 17.0 Å². The molecule has 0 unspecified atom stereocenters. The zero-order chi connectivity index (χ0) is 24.5. The van der Waals surface area contributed by atoms with Crippen LogP contribution in [0, 0.1) is 20.2 Å². The average molecular weight is 463 g/mol. The van der Waals surface area contributed by atoms with Crippen molar-refractivity contribution in [2.45, 2.75) is 12.8 Å². The Hall–Kier alpha value is -4.11. The lowest BCUT2D eigenvalue weighted by molar-refractivity contribution is -0.422. The topological polar surface area (TPSA) is 110 Å². The van der Waals surface area contributed by atoms with E-state index < -0.39 is 27.1 Å². The van der Waals surface area contributed by atoms with Crippen LogP contribution in [0.1, 0.15) is 22.3 Å². The van der Waals surface area contributed by atoms with Crippen LogP contribution in [-0.2, 0) is 6.42 Å². The smallest absolute Gasteiger partial charge is 0.308 e. The summed E-state index contributed by atoms with van der Waals surface area (Å²) in [6, 6.07) is 22.5. The number of likely N-dealkylation sites (N-methyl/N-ethyl adjacent to an activating group) is 1. The third-order valence-corrected chi connectivity index (χ3v) is 5.48. The van der Waals surface area contributed by atoms with E-state index in [-0.39, 0.29) is 5.56 Å². The number of carbonyl (C=O) groups is 1. The van der Waals surface area contributed by atoms with Crippen LogP contribution in [0.4, 0.5) is 17.1 Å². The largest absolute Gasteiger partial charge is 0.346 e. The second-order valence-corrected chi connectivity index (χ2v) is 7.90. The molecule has 0 radical (unpaired) electrons. The van der Waals surface area contributed by atoms with Crippen LogP contribution in [0.15, 0.2) is 78.9 Å². The summed E-state index contributed by atoms with van der Waals surface area (Å²) in [5.41, 5.74) is 0.589. The first-order valence-electron chi connectivity index (χ1n) is 10.9. The van der Waals surface area contributed by atoms with Gasteiger partial charge in [0, 0.05) is 36.5 Å². The first-order valence-corrected chi connectivity index (χ1v) is 10.9. The van der Waals surface area contributed by atoms with Gasteiger partial charge >= 0.3 is 11.4 Å². The van der Waals surface area contributed by atoms with E-state index in [1.807, 2.05) is 31.3 Å². The molecular weight excluding hydrogens is 436 g/mol. The van der Waals surface area contributed by atoms with Crippen molar-refractivity contribution >= 4 is 23.0 Å². The van der Waals surface area contributed by atoms with Gasteiger partial charge in [-0.05, 0) is 50.2 Å². The van der Waals surface area contributed by atoms with Crippen molar-refractivity contribution in [3.8, 4) is 0 Å². The number of nitrogens with zero attached hydrogens (tertiary/aromatic N) is 4. The van der Waals surface area contributed by atoms with Crippen LogP contribution in [0.25, 0.3) is 0 Å². The van der Waals surface area contributed by atoms with Gasteiger partial charge in [0.1, 0.15) is 0 Å². The Morgan fingerprint density at radius 2 is 1.41 bits per heavy atom. The average Bonchev–Trinajstić information content (AvgIpc) is 2.85. The fraction of sp³-hybridized carbons (Fsp3) is 0.240. The fourth-order valence-electron chi connectivity index (χ4n) is 3.64. The third-order valence-electron chi connectivity index (χ3n) is 5.48. The monoisotopic (exact) mass is 462 g/mol. The Bertz CT molecular complexity index is 1140. The van der Waals surface area contributed by atoms with Crippen LogP contribution < -0.4 is 4.90 Å². The molecule has 0 aromatic heterocycles. The van der Waals surface area contributed by atoms with Gasteiger partial charge in [-0.1, -0.05) is 48.5 Å². The first-order chi connectivity index (χ1) is 16.4. The number of anilines is 1. The van der Waals surface area contributed by atoms with Crippen molar-refractivity contribution in [2.24, 2.45) is 0 Å². The summed E-state index contributed by atoms with van der Waals surface area (Å²) in [5.74, 6) is -0.448. The maximum atomic E-state index is 13.3. The quantitative estimate of drug-likeness (QED) is 0.301. The maximum Gasteiger partial charge on any atom is 0.346 e. The van der Waals surface area contributed by atoms with Gasteiger partial charge in [-0.15, -0.1) is 0 Å². The first kappa shape index (κ1) is 24.5. The molecule has 0 aliphatic rings. The van der Waals surface area contributed by atoms with Crippen molar-refractivity contribution in [1.82, 2.24) is 4.90 Å². The van der Waals surface area contributed by atoms with Crippen LogP contribution in [0.3, 0.4) is 0 Å². The predicted octanol–water partition coefficient (Wildman–Crippen LogP) is 4.71. The summed E-state index contributed by atoms with van der Waals surface area (Å²) in [5, 5.41) is 22.4. The molecule has 0 N–H and O–H groups in total. The highest BCUT2D eigenvalue weighted by Crippen LogP contribution is 2.29. The van der Waals surface area contributed by atoms with E-state index in [4.69, 9.17) is 0 Å². The number of nitro groups is 2. The van der Waals surface area contributed by atoms with Crippen molar-refractivity contribution < 1.29 is 14.6 Å². The van der Waals surface area contributed by atoms with Gasteiger partial charge in [-0.3, -0.25) is 25.0 Å². The Kier molecular flexibility index (Phi) is 8.42. The molecule has 0 fully saturated rings. The number of carbonyl (C=O) groups excluding carboxylic acids is 1. The molecule has 9 heteroatoms. The summed E-state index contributed by atoms with van der Waals surface area (Å²) >= 11 is 0. The molecule has 34 heavy (non-hydrogen) atoms. The normalized spacial score (nSPS) is 10.8. The number of para-hydroxylation sites is 1. The molecule has 0 aliphatic heterocycles. The molecule has 9 nitrogen and oxygen atoms in total. The lowest BCUT2D eigenvalue weighted by atomic mass is 10.1. The Morgan fingerprint density at radius 3 is 2.03 bits per heavy atom. The summed E-state index contributed by atoms with van der Waals surface area (Å²) < 4.78 is 0. The molecule has 3 rings (SSSR count). The van der Waals surface area contributed by atoms with Crippen LogP contribution in [0.2, 0.25) is 0 Å². The Balaban J connectivity index is 1.71. The van der Waals surface area contributed by atoms with Crippen molar-refractivity contribution in [2.75, 3.05) is 31.6 Å². The highest BCUT2D eigenvalue weighted by Gasteiger charge is 2.27. The molecule has 176 valence electrons. The highest BCUT2D eigenvalue weighted by molar-refractivity contribution is 6.06. The van der Waals surface area contributed by atoms with E-state index in [1.54, 1.807) is 29.2 Å². The van der Waals surface area contributed by atoms with Gasteiger partial charge in [0.2, 0.25) is 0 Å². The molecule has 1 amide bonds. The van der Waals surface area contributed by atoms with E-state index in [9.17, 15) is 25.0 Å². The molecule has 0 spiro atoms.